The van der Waals surface area contributed by atoms with Gasteiger partial charge in [0.1, 0.15) is 0 Å². The van der Waals surface area contributed by atoms with Gasteiger partial charge in [0, 0.05) is 0 Å². The molecular formula is C28H26O5. The van der Waals surface area contributed by atoms with Crippen LogP contribution in [0.2, 0.25) is 0 Å². The van der Waals surface area contributed by atoms with Crippen molar-refractivity contribution in [3.8, 4) is 28.7 Å². The average molecular weight is 443 g/mol. The Kier molecular flexibility index (Phi) is 6.41. The number of phenolic OH excluding ortho intramolecular Hbond substituents is 1. The molecule has 0 radical (unpaired) electrons. The average Bonchev–Trinajstić information content (AvgIpc) is 2.86. The Morgan fingerprint density at radius 2 is 1.30 bits per heavy atom. The second kappa shape index (κ2) is 9.57. The van der Waals surface area contributed by atoms with E-state index in [1.807, 2.05) is 36.4 Å². The number of fused-ring (bicyclic) bond motifs is 1. The van der Waals surface area contributed by atoms with Gasteiger partial charge in [0.15, 0.2) is 23.0 Å². The van der Waals surface area contributed by atoms with Gasteiger partial charge in [0.25, 0.3) is 0 Å². The summed E-state index contributed by atoms with van der Waals surface area (Å²) in [6.45, 7) is 0. The molecule has 4 rings (SSSR count). The molecule has 4 aromatic carbocycles. The minimum Gasteiger partial charge on any atom is -0.504 e. The topological polar surface area (TPSA) is 57.2 Å². The van der Waals surface area contributed by atoms with Gasteiger partial charge in [0.05, 0.1) is 28.4 Å². The standard InChI is InChI=1S/C28H26O5/c1-30-25-12-9-18(14-24(25)29)13-23(21-11-10-19-7-5-6-8-20(19)15-21)22-16-26(31-2)28(33-4)27(17-22)32-3/h5-17,29H,1-4H3/b23-13-. The van der Waals surface area contributed by atoms with Crippen molar-refractivity contribution >= 4 is 22.4 Å². The molecule has 0 saturated heterocycles. The van der Waals surface area contributed by atoms with E-state index in [-0.39, 0.29) is 5.75 Å². The van der Waals surface area contributed by atoms with E-state index in [1.54, 1.807) is 33.5 Å². The lowest BCUT2D eigenvalue weighted by atomic mass is 9.93. The summed E-state index contributed by atoms with van der Waals surface area (Å²) in [6, 6.07) is 23.7. The van der Waals surface area contributed by atoms with Crippen LogP contribution in [-0.2, 0) is 0 Å². The van der Waals surface area contributed by atoms with E-state index < -0.39 is 0 Å². The number of benzene rings is 4. The van der Waals surface area contributed by atoms with Gasteiger partial charge in [-0.05, 0) is 69.4 Å². The van der Waals surface area contributed by atoms with E-state index in [4.69, 9.17) is 18.9 Å². The molecule has 0 fully saturated rings. The Labute approximate surface area is 193 Å². The maximum absolute atomic E-state index is 10.3. The molecule has 0 saturated carbocycles. The lowest BCUT2D eigenvalue weighted by Crippen LogP contribution is -1.98. The third kappa shape index (κ3) is 4.44. The Balaban J connectivity index is 1.95. The molecule has 0 aliphatic heterocycles. The Morgan fingerprint density at radius 1 is 0.636 bits per heavy atom. The molecule has 0 amide bonds. The Morgan fingerprint density at radius 3 is 1.91 bits per heavy atom. The fourth-order valence-corrected chi connectivity index (χ4v) is 3.89. The van der Waals surface area contributed by atoms with Crippen LogP contribution in [0.25, 0.3) is 22.4 Å². The molecule has 0 aromatic heterocycles. The molecule has 0 unspecified atom stereocenters. The molecule has 0 heterocycles. The first kappa shape index (κ1) is 22.1. The van der Waals surface area contributed by atoms with Crippen LogP contribution < -0.4 is 18.9 Å². The monoisotopic (exact) mass is 442 g/mol. The summed E-state index contributed by atoms with van der Waals surface area (Å²) in [5.41, 5.74) is 3.66. The van der Waals surface area contributed by atoms with Gasteiger partial charge in [-0.25, -0.2) is 0 Å². The maximum atomic E-state index is 10.3. The van der Waals surface area contributed by atoms with Crippen LogP contribution in [0.1, 0.15) is 16.7 Å². The number of methoxy groups -OCH3 is 4. The number of hydrogen-bond donors (Lipinski definition) is 1. The van der Waals surface area contributed by atoms with Crippen molar-refractivity contribution in [1.82, 2.24) is 0 Å². The SMILES string of the molecule is COc1ccc(/C=C(\c2cc(OC)c(OC)c(OC)c2)c2ccc3ccccc3c2)cc1O. The zero-order chi connectivity index (χ0) is 23.4. The van der Waals surface area contributed by atoms with Crippen molar-refractivity contribution in [3.63, 3.8) is 0 Å². The Bertz CT molecular complexity index is 1300. The number of phenols is 1. The van der Waals surface area contributed by atoms with Crippen molar-refractivity contribution in [2.75, 3.05) is 28.4 Å². The fourth-order valence-electron chi connectivity index (χ4n) is 3.89. The largest absolute Gasteiger partial charge is 0.504 e. The molecule has 0 aliphatic rings. The quantitative estimate of drug-likeness (QED) is 0.347. The van der Waals surface area contributed by atoms with Crippen LogP contribution in [0.5, 0.6) is 28.7 Å². The molecule has 0 bridgehead atoms. The highest BCUT2D eigenvalue weighted by atomic mass is 16.5. The van der Waals surface area contributed by atoms with Gasteiger partial charge in [-0.15, -0.1) is 0 Å². The van der Waals surface area contributed by atoms with Crippen LogP contribution in [-0.4, -0.2) is 33.5 Å². The predicted octanol–water partition coefficient (Wildman–Crippen LogP) is 6.17. The van der Waals surface area contributed by atoms with Crippen molar-refractivity contribution < 1.29 is 24.1 Å². The van der Waals surface area contributed by atoms with E-state index >= 15 is 0 Å². The summed E-state index contributed by atoms with van der Waals surface area (Å²) in [6.07, 6.45) is 2.02. The molecule has 0 atom stereocenters. The van der Waals surface area contributed by atoms with Crippen molar-refractivity contribution in [3.05, 3.63) is 89.5 Å². The van der Waals surface area contributed by atoms with Crippen LogP contribution in [0, 0.1) is 0 Å². The zero-order valence-electron chi connectivity index (χ0n) is 19.1. The first-order chi connectivity index (χ1) is 16.1. The minimum absolute atomic E-state index is 0.0778. The minimum atomic E-state index is 0.0778. The summed E-state index contributed by atoms with van der Waals surface area (Å²) in [5, 5.41) is 12.6. The van der Waals surface area contributed by atoms with E-state index in [9.17, 15) is 5.11 Å². The maximum Gasteiger partial charge on any atom is 0.203 e. The van der Waals surface area contributed by atoms with Crippen molar-refractivity contribution in [2.45, 2.75) is 0 Å². The lowest BCUT2D eigenvalue weighted by molar-refractivity contribution is 0.324. The van der Waals surface area contributed by atoms with E-state index in [2.05, 4.69) is 30.3 Å². The van der Waals surface area contributed by atoms with Crippen LogP contribution in [0.3, 0.4) is 0 Å². The lowest BCUT2D eigenvalue weighted by Gasteiger charge is -2.17. The van der Waals surface area contributed by atoms with Gasteiger partial charge >= 0.3 is 0 Å². The van der Waals surface area contributed by atoms with Crippen LogP contribution in [0.15, 0.2) is 72.8 Å². The molecule has 5 heteroatoms. The van der Waals surface area contributed by atoms with Crippen LogP contribution >= 0.6 is 0 Å². The highest BCUT2D eigenvalue weighted by molar-refractivity contribution is 5.96. The predicted molar refractivity (Wildman–Crippen MR) is 132 cm³/mol. The third-order valence-electron chi connectivity index (χ3n) is 5.55. The number of hydrogen-bond acceptors (Lipinski definition) is 5. The third-order valence-corrected chi connectivity index (χ3v) is 5.55. The molecule has 5 nitrogen and oxygen atoms in total. The van der Waals surface area contributed by atoms with Gasteiger partial charge < -0.3 is 24.1 Å². The molecular weight excluding hydrogens is 416 g/mol. The number of ether oxygens (including phenoxy) is 4. The highest BCUT2D eigenvalue weighted by Gasteiger charge is 2.17. The van der Waals surface area contributed by atoms with Gasteiger partial charge in [0.2, 0.25) is 5.75 Å². The second-order valence-corrected chi connectivity index (χ2v) is 7.47. The highest BCUT2D eigenvalue weighted by Crippen LogP contribution is 2.42. The molecule has 0 spiro atoms. The first-order valence-electron chi connectivity index (χ1n) is 10.5. The summed E-state index contributed by atoms with van der Waals surface area (Å²) in [4.78, 5) is 0. The van der Waals surface area contributed by atoms with Gasteiger partial charge in [-0.3, -0.25) is 0 Å². The van der Waals surface area contributed by atoms with Gasteiger partial charge in [-0.2, -0.15) is 0 Å². The summed E-state index contributed by atoms with van der Waals surface area (Å²) < 4.78 is 21.9. The molecule has 1 N–H and O–H groups in total. The number of rotatable bonds is 7. The van der Waals surface area contributed by atoms with E-state index in [1.165, 1.54) is 7.11 Å². The van der Waals surface area contributed by atoms with Crippen molar-refractivity contribution in [2.24, 2.45) is 0 Å². The van der Waals surface area contributed by atoms with E-state index in [0.29, 0.717) is 23.0 Å². The van der Waals surface area contributed by atoms with E-state index in [0.717, 1.165) is 33.0 Å². The van der Waals surface area contributed by atoms with Gasteiger partial charge in [-0.1, -0.05) is 42.5 Å². The molecule has 168 valence electrons. The first-order valence-corrected chi connectivity index (χ1v) is 10.5. The summed E-state index contributed by atoms with van der Waals surface area (Å²) in [5.74, 6) is 2.16. The molecule has 4 aromatic rings. The van der Waals surface area contributed by atoms with Crippen LogP contribution in [0.4, 0.5) is 0 Å². The number of aromatic hydroxyl groups is 1. The fraction of sp³-hybridized carbons (Fsp3) is 0.143. The summed E-state index contributed by atoms with van der Waals surface area (Å²) >= 11 is 0. The van der Waals surface area contributed by atoms with Crippen molar-refractivity contribution in [1.29, 1.82) is 0 Å². The molecule has 0 aliphatic carbocycles. The zero-order valence-corrected chi connectivity index (χ0v) is 19.1. The smallest absolute Gasteiger partial charge is 0.203 e. The Hall–Kier alpha value is -4.12. The summed E-state index contributed by atoms with van der Waals surface area (Å²) in [7, 11) is 6.31. The second-order valence-electron chi connectivity index (χ2n) is 7.47. The normalized spacial score (nSPS) is 11.3. The molecule has 33 heavy (non-hydrogen) atoms.